The minimum Gasteiger partial charge on any atom is -0.493 e. The highest BCUT2D eigenvalue weighted by Gasteiger charge is 2.15. The van der Waals surface area contributed by atoms with Gasteiger partial charge in [0, 0.05) is 0 Å². The summed E-state index contributed by atoms with van der Waals surface area (Å²) in [6.07, 6.45) is 0.334. The lowest BCUT2D eigenvalue weighted by atomic mass is 10.1. The molecule has 0 aliphatic rings. The number of hydrogen-bond acceptors (Lipinski definition) is 6. The van der Waals surface area contributed by atoms with Gasteiger partial charge in [-0.2, -0.15) is 8.42 Å². The van der Waals surface area contributed by atoms with Gasteiger partial charge in [-0.15, -0.1) is 0 Å². The van der Waals surface area contributed by atoms with Gasteiger partial charge in [0.15, 0.2) is 18.1 Å². The van der Waals surface area contributed by atoms with E-state index in [1.165, 1.54) is 19.2 Å². The van der Waals surface area contributed by atoms with Crippen LogP contribution in [-0.2, 0) is 25.5 Å². The van der Waals surface area contributed by atoms with E-state index in [0.717, 1.165) is 11.1 Å². The summed E-state index contributed by atoms with van der Waals surface area (Å²) >= 11 is 0. The zero-order chi connectivity index (χ0) is 19.2. The maximum atomic E-state index is 12.1. The summed E-state index contributed by atoms with van der Waals surface area (Å²) in [4.78, 5) is 10.7. The molecule has 0 atom stereocenters. The molecule has 0 heterocycles. The van der Waals surface area contributed by atoms with Gasteiger partial charge >= 0.3 is 5.97 Å². The molecule has 0 saturated heterocycles. The third kappa shape index (κ3) is 5.47. The first-order valence-electron chi connectivity index (χ1n) is 7.79. The third-order valence-electron chi connectivity index (χ3n) is 3.52. The lowest BCUT2D eigenvalue weighted by Gasteiger charge is -2.11. The molecule has 0 fully saturated rings. The zero-order valence-electron chi connectivity index (χ0n) is 14.5. The number of carboxylic acid groups (broad SMARTS) is 1. The maximum Gasteiger partial charge on any atom is 0.341 e. The summed E-state index contributed by atoms with van der Waals surface area (Å²) in [6.45, 7) is 1.36. The van der Waals surface area contributed by atoms with Crippen LogP contribution in [0, 0.1) is 6.92 Å². The normalized spacial score (nSPS) is 11.2. The molecule has 0 bridgehead atoms. The lowest BCUT2D eigenvalue weighted by Crippen LogP contribution is -2.11. The summed E-state index contributed by atoms with van der Waals surface area (Å²) in [5.74, 6) is -0.428. The number of methoxy groups -OCH3 is 1. The van der Waals surface area contributed by atoms with Gasteiger partial charge in [0.25, 0.3) is 10.1 Å². The molecule has 0 spiro atoms. The quantitative estimate of drug-likeness (QED) is 0.667. The molecule has 0 unspecified atom stereocenters. The van der Waals surface area contributed by atoms with E-state index in [1.54, 1.807) is 30.3 Å². The first-order valence-corrected chi connectivity index (χ1v) is 9.20. The molecule has 26 heavy (non-hydrogen) atoms. The van der Waals surface area contributed by atoms with E-state index < -0.39 is 22.7 Å². The van der Waals surface area contributed by atoms with Crippen LogP contribution in [0.3, 0.4) is 0 Å². The molecule has 2 aromatic carbocycles. The highest BCUT2D eigenvalue weighted by Crippen LogP contribution is 2.28. The SMILES string of the molecule is COc1cc(CCOS(=O)(=O)c2ccc(C)cc2)ccc1OCC(=O)O. The van der Waals surface area contributed by atoms with Crippen molar-refractivity contribution in [2.24, 2.45) is 0 Å². The van der Waals surface area contributed by atoms with Crippen LogP contribution in [0.1, 0.15) is 11.1 Å². The molecule has 0 aliphatic heterocycles. The minimum absolute atomic E-state index is 0.0330. The number of rotatable bonds is 9. The van der Waals surface area contributed by atoms with Gasteiger partial charge in [0.05, 0.1) is 18.6 Å². The van der Waals surface area contributed by atoms with E-state index in [2.05, 4.69) is 0 Å². The Kier molecular flexibility index (Phi) is 6.59. The van der Waals surface area contributed by atoms with Crippen LogP contribution < -0.4 is 9.47 Å². The molecule has 0 aliphatic carbocycles. The molecule has 140 valence electrons. The van der Waals surface area contributed by atoms with Crippen molar-refractivity contribution in [1.29, 1.82) is 0 Å². The predicted octanol–water partition coefficient (Wildman–Crippen LogP) is 2.42. The van der Waals surface area contributed by atoms with Crippen molar-refractivity contribution in [3.63, 3.8) is 0 Å². The van der Waals surface area contributed by atoms with Crippen LogP contribution in [0.15, 0.2) is 47.4 Å². The van der Waals surface area contributed by atoms with E-state index in [1.807, 2.05) is 6.92 Å². The van der Waals surface area contributed by atoms with Gasteiger partial charge in [0.1, 0.15) is 0 Å². The standard InChI is InChI=1S/C18H20O7S/c1-13-3-6-15(7-4-13)26(21,22)25-10-9-14-5-8-16(17(11-14)23-2)24-12-18(19)20/h3-8,11H,9-10,12H2,1-2H3,(H,19,20). The van der Waals surface area contributed by atoms with Crippen LogP contribution in [-0.4, -0.2) is 39.8 Å². The fourth-order valence-corrected chi connectivity index (χ4v) is 3.08. The molecule has 1 N–H and O–H groups in total. The smallest absolute Gasteiger partial charge is 0.341 e. The number of aryl methyl sites for hydroxylation is 1. The molecule has 0 aromatic heterocycles. The van der Waals surface area contributed by atoms with Crippen molar-refractivity contribution in [3.05, 3.63) is 53.6 Å². The predicted molar refractivity (Wildman–Crippen MR) is 94.1 cm³/mol. The van der Waals surface area contributed by atoms with E-state index in [9.17, 15) is 13.2 Å². The van der Waals surface area contributed by atoms with Gasteiger partial charge in [0.2, 0.25) is 0 Å². The molecule has 8 heteroatoms. The van der Waals surface area contributed by atoms with E-state index in [0.29, 0.717) is 17.9 Å². The summed E-state index contributed by atoms with van der Waals surface area (Å²) in [6, 6.07) is 11.3. The highest BCUT2D eigenvalue weighted by atomic mass is 32.2. The van der Waals surface area contributed by atoms with Crippen molar-refractivity contribution >= 4 is 16.1 Å². The fraction of sp³-hybridized carbons (Fsp3) is 0.278. The molecule has 0 saturated carbocycles. The second-order valence-corrected chi connectivity index (χ2v) is 7.12. The molecule has 2 aromatic rings. The first-order chi connectivity index (χ1) is 12.3. The fourth-order valence-electron chi connectivity index (χ4n) is 2.17. The van der Waals surface area contributed by atoms with Crippen molar-refractivity contribution in [3.8, 4) is 11.5 Å². The number of carbonyl (C=O) groups is 1. The summed E-state index contributed by atoms with van der Waals surface area (Å²) in [5.41, 5.74) is 1.73. The van der Waals surface area contributed by atoms with Crippen LogP contribution in [0.25, 0.3) is 0 Å². The van der Waals surface area contributed by atoms with Crippen LogP contribution in [0.5, 0.6) is 11.5 Å². The molecule has 7 nitrogen and oxygen atoms in total. The number of aliphatic carboxylic acids is 1. The van der Waals surface area contributed by atoms with Crippen LogP contribution in [0.2, 0.25) is 0 Å². The Morgan fingerprint density at radius 2 is 1.77 bits per heavy atom. The summed E-state index contributed by atoms with van der Waals surface area (Å²) in [7, 11) is -2.37. The van der Waals surface area contributed by atoms with Crippen LogP contribution in [0.4, 0.5) is 0 Å². The average molecular weight is 380 g/mol. The molecular weight excluding hydrogens is 360 g/mol. The minimum atomic E-state index is -3.81. The molecule has 0 amide bonds. The Hall–Kier alpha value is -2.58. The Balaban J connectivity index is 1.98. The topological polar surface area (TPSA) is 99.1 Å². The number of hydrogen-bond donors (Lipinski definition) is 1. The molecule has 0 radical (unpaired) electrons. The van der Waals surface area contributed by atoms with Gasteiger partial charge in [-0.1, -0.05) is 23.8 Å². The summed E-state index contributed by atoms with van der Waals surface area (Å²) in [5, 5.41) is 8.66. The number of ether oxygens (including phenoxy) is 2. The largest absolute Gasteiger partial charge is 0.493 e. The first kappa shape index (κ1) is 19.7. The van der Waals surface area contributed by atoms with Gasteiger partial charge < -0.3 is 14.6 Å². The van der Waals surface area contributed by atoms with Crippen molar-refractivity contribution in [2.45, 2.75) is 18.2 Å². The third-order valence-corrected chi connectivity index (χ3v) is 4.84. The zero-order valence-corrected chi connectivity index (χ0v) is 15.3. The van der Waals surface area contributed by atoms with Crippen molar-refractivity contribution in [1.82, 2.24) is 0 Å². The second kappa shape index (κ2) is 8.68. The Morgan fingerprint density at radius 1 is 1.08 bits per heavy atom. The van der Waals surface area contributed by atoms with E-state index >= 15 is 0 Å². The molecular formula is C18H20O7S. The number of carboxylic acids is 1. The van der Waals surface area contributed by atoms with Crippen LogP contribution >= 0.6 is 0 Å². The molecule has 2 rings (SSSR count). The summed E-state index contributed by atoms with van der Waals surface area (Å²) < 4.78 is 39.6. The Labute approximate surface area is 152 Å². The Bertz CT molecular complexity index is 858. The average Bonchev–Trinajstić information content (AvgIpc) is 2.60. The lowest BCUT2D eigenvalue weighted by molar-refractivity contribution is -0.139. The second-order valence-electron chi connectivity index (χ2n) is 5.51. The highest BCUT2D eigenvalue weighted by molar-refractivity contribution is 7.86. The van der Waals surface area contributed by atoms with Gasteiger partial charge in [-0.25, -0.2) is 4.79 Å². The number of benzene rings is 2. The Morgan fingerprint density at radius 3 is 2.38 bits per heavy atom. The van der Waals surface area contributed by atoms with Gasteiger partial charge in [-0.05, 0) is 43.2 Å². The maximum absolute atomic E-state index is 12.1. The van der Waals surface area contributed by atoms with Crippen molar-refractivity contribution in [2.75, 3.05) is 20.3 Å². The van der Waals surface area contributed by atoms with Crippen molar-refractivity contribution < 1.29 is 32.0 Å². The van der Waals surface area contributed by atoms with E-state index in [4.69, 9.17) is 18.8 Å². The monoisotopic (exact) mass is 380 g/mol. The van der Waals surface area contributed by atoms with Gasteiger partial charge in [-0.3, -0.25) is 4.18 Å². The van der Waals surface area contributed by atoms with E-state index in [-0.39, 0.29) is 11.5 Å².